The average Bonchev–Trinajstić information content (AvgIpc) is 3.38. The smallest absolute Gasteiger partial charge is 0.158 e. The molecule has 5 nitrogen and oxygen atoms in total. The van der Waals surface area contributed by atoms with Crippen LogP contribution in [-0.4, -0.2) is 25.1 Å². The van der Waals surface area contributed by atoms with E-state index in [0.717, 1.165) is 51.7 Å². The van der Waals surface area contributed by atoms with Crippen molar-refractivity contribution in [3.63, 3.8) is 0 Å². The molecule has 1 aliphatic carbocycles. The number of aromatic nitrogens is 2. The zero-order chi connectivity index (χ0) is 20.8. The molecule has 0 bridgehead atoms. The minimum Gasteiger partial charge on any atom is -0.508 e. The lowest BCUT2D eigenvalue weighted by atomic mass is 9.98. The van der Waals surface area contributed by atoms with Gasteiger partial charge in [0.1, 0.15) is 11.4 Å². The Hall–Kier alpha value is -3.47. The molecular weight excluding hydrogens is 376 g/mol. The highest BCUT2D eigenvalue weighted by molar-refractivity contribution is 6.02. The SMILES string of the molecule is Cc1cc(O)ccc1-c1nn(C2CCCC2)c2c(-c3ccc(O)c(O)c3)cccc12. The second kappa shape index (κ2) is 7.10. The van der Waals surface area contributed by atoms with E-state index in [9.17, 15) is 15.3 Å². The molecule has 4 aromatic rings. The zero-order valence-electron chi connectivity index (χ0n) is 16.8. The summed E-state index contributed by atoms with van der Waals surface area (Å²) in [6.45, 7) is 1.98. The molecule has 0 radical (unpaired) electrons. The molecule has 0 unspecified atom stereocenters. The second-order valence-corrected chi connectivity index (χ2v) is 8.14. The number of hydrogen-bond acceptors (Lipinski definition) is 4. The Morgan fingerprint density at radius 2 is 1.67 bits per heavy atom. The van der Waals surface area contributed by atoms with Gasteiger partial charge < -0.3 is 15.3 Å². The van der Waals surface area contributed by atoms with Crippen molar-refractivity contribution in [3.8, 4) is 39.6 Å². The molecule has 3 N–H and O–H groups in total. The highest BCUT2D eigenvalue weighted by atomic mass is 16.3. The first-order valence-electron chi connectivity index (χ1n) is 10.4. The lowest BCUT2D eigenvalue weighted by Gasteiger charge is -2.14. The van der Waals surface area contributed by atoms with Crippen LogP contribution < -0.4 is 0 Å². The van der Waals surface area contributed by atoms with E-state index in [1.165, 1.54) is 18.9 Å². The van der Waals surface area contributed by atoms with Crippen LogP contribution in [0.4, 0.5) is 0 Å². The predicted molar refractivity (Wildman–Crippen MR) is 118 cm³/mol. The summed E-state index contributed by atoms with van der Waals surface area (Å²) in [5.41, 5.74) is 5.73. The first kappa shape index (κ1) is 18.6. The van der Waals surface area contributed by atoms with Gasteiger partial charge in [-0.05, 0) is 61.2 Å². The van der Waals surface area contributed by atoms with Crippen LogP contribution in [-0.2, 0) is 0 Å². The largest absolute Gasteiger partial charge is 0.508 e. The van der Waals surface area contributed by atoms with Crippen LogP contribution in [0.25, 0.3) is 33.3 Å². The standard InChI is InChI=1S/C25H24N2O3/c1-15-13-18(28)10-11-19(15)24-21-8-4-7-20(16-9-12-22(29)23(30)14-16)25(21)27(26-24)17-5-2-3-6-17/h4,7-14,17,28-30H,2-3,5-6H2,1H3. The van der Waals surface area contributed by atoms with Gasteiger partial charge in [0, 0.05) is 16.5 Å². The molecule has 0 spiro atoms. The molecule has 5 rings (SSSR count). The number of benzene rings is 3. The Labute approximate surface area is 174 Å². The Morgan fingerprint density at radius 3 is 2.40 bits per heavy atom. The van der Waals surface area contributed by atoms with Gasteiger partial charge in [-0.1, -0.05) is 37.1 Å². The number of nitrogens with zero attached hydrogens (tertiary/aromatic N) is 2. The Morgan fingerprint density at radius 1 is 0.867 bits per heavy atom. The predicted octanol–water partition coefficient (Wildman–Crippen LogP) is 5.91. The number of phenols is 3. The molecule has 1 aromatic heterocycles. The van der Waals surface area contributed by atoms with Crippen LogP contribution in [0, 0.1) is 6.92 Å². The van der Waals surface area contributed by atoms with Gasteiger partial charge in [0.25, 0.3) is 0 Å². The van der Waals surface area contributed by atoms with Crippen LogP contribution in [0.1, 0.15) is 37.3 Å². The average molecular weight is 400 g/mol. The third-order valence-corrected chi connectivity index (χ3v) is 6.15. The fourth-order valence-corrected chi connectivity index (χ4v) is 4.64. The maximum atomic E-state index is 10.1. The fraction of sp³-hybridized carbons (Fsp3) is 0.240. The first-order chi connectivity index (χ1) is 14.5. The summed E-state index contributed by atoms with van der Waals surface area (Å²) in [6.07, 6.45) is 4.59. The lowest BCUT2D eigenvalue weighted by Crippen LogP contribution is -2.07. The summed E-state index contributed by atoms with van der Waals surface area (Å²) in [4.78, 5) is 0. The molecule has 1 aliphatic rings. The zero-order valence-corrected chi connectivity index (χ0v) is 16.8. The summed E-state index contributed by atoms with van der Waals surface area (Å²) in [7, 11) is 0. The van der Waals surface area contributed by atoms with Gasteiger partial charge >= 0.3 is 0 Å². The summed E-state index contributed by atoms with van der Waals surface area (Å²) in [5.74, 6) is -0.0160. The Kier molecular flexibility index (Phi) is 4.39. The molecule has 0 atom stereocenters. The molecule has 3 aromatic carbocycles. The third-order valence-electron chi connectivity index (χ3n) is 6.15. The number of aryl methyl sites for hydroxylation is 1. The van der Waals surface area contributed by atoms with E-state index in [2.05, 4.69) is 10.7 Å². The number of phenolic OH excluding ortho intramolecular Hbond substituents is 3. The van der Waals surface area contributed by atoms with Gasteiger partial charge in [-0.15, -0.1) is 0 Å². The van der Waals surface area contributed by atoms with E-state index < -0.39 is 0 Å². The van der Waals surface area contributed by atoms with E-state index >= 15 is 0 Å². The summed E-state index contributed by atoms with van der Waals surface area (Å²) in [5, 5.41) is 35.8. The Balaban J connectivity index is 1.80. The highest BCUT2D eigenvalue weighted by Crippen LogP contribution is 2.41. The maximum absolute atomic E-state index is 10.1. The molecule has 0 aliphatic heterocycles. The van der Waals surface area contributed by atoms with Crippen molar-refractivity contribution in [2.45, 2.75) is 38.6 Å². The molecule has 1 fully saturated rings. The maximum Gasteiger partial charge on any atom is 0.158 e. The van der Waals surface area contributed by atoms with Gasteiger partial charge in [-0.25, -0.2) is 0 Å². The van der Waals surface area contributed by atoms with Gasteiger partial charge in [0.2, 0.25) is 0 Å². The van der Waals surface area contributed by atoms with E-state index in [0.29, 0.717) is 6.04 Å². The number of rotatable bonds is 3. The second-order valence-electron chi connectivity index (χ2n) is 8.14. The topological polar surface area (TPSA) is 78.5 Å². The first-order valence-corrected chi connectivity index (χ1v) is 10.4. The van der Waals surface area contributed by atoms with E-state index in [1.54, 1.807) is 18.2 Å². The van der Waals surface area contributed by atoms with Crippen LogP contribution >= 0.6 is 0 Å². The normalized spacial score (nSPS) is 14.6. The summed E-state index contributed by atoms with van der Waals surface area (Å²) < 4.78 is 2.16. The van der Waals surface area contributed by atoms with Crippen molar-refractivity contribution < 1.29 is 15.3 Å². The van der Waals surface area contributed by atoms with Crippen molar-refractivity contribution in [1.29, 1.82) is 0 Å². The third kappa shape index (κ3) is 2.98. The van der Waals surface area contributed by atoms with Gasteiger partial charge in [-0.3, -0.25) is 4.68 Å². The molecular formula is C25H24N2O3. The van der Waals surface area contributed by atoms with Crippen LogP contribution in [0.2, 0.25) is 0 Å². The molecule has 1 saturated carbocycles. The van der Waals surface area contributed by atoms with Crippen molar-refractivity contribution in [2.75, 3.05) is 0 Å². The van der Waals surface area contributed by atoms with Crippen molar-refractivity contribution in [3.05, 3.63) is 60.2 Å². The molecule has 0 amide bonds. The van der Waals surface area contributed by atoms with E-state index in [1.807, 2.05) is 31.2 Å². The minimum absolute atomic E-state index is 0.129. The molecule has 30 heavy (non-hydrogen) atoms. The summed E-state index contributed by atoms with van der Waals surface area (Å²) >= 11 is 0. The number of para-hydroxylation sites is 1. The van der Waals surface area contributed by atoms with Gasteiger partial charge in [0.05, 0.1) is 11.6 Å². The van der Waals surface area contributed by atoms with Crippen molar-refractivity contribution >= 4 is 10.9 Å². The van der Waals surface area contributed by atoms with E-state index in [4.69, 9.17) is 5.10 Å². The van der Waals surface area contributed by atoms with E-state index in [-0.39, 0.29) is 17.2 Å². The quantitative estimate of drug-likeness (QED) is 0.374. The number of aromatic hydroxyl groups is 3. The Bertz CT molecular complexity index is 1250. The number of hydrogen-bond donors (Lipinski definition) is 3. The molecule has 5 heteroatoms. The monoisotopic (exact) mass is 400 g/mol. The fourth-order valence-electron chi connectivity index (χ4n) is 4.64. The van der Waals surface area contributed by atoms with Crippen molar-refractivity contribution in [1.82, 2.24) is 9.78 Å². The van der Waals surface area contributed by atoms with Gasteiger partial charge in [0.15, 0.2) is 11.5 Å². The van der Waals surface area contributed by atoms with Crippen molar-refractivity contribution in [2.24, 2.45) is 0 Å². The molecule has 152 valence electrons. The minimum atomic E-state index is -0.133. The summed E-state index contributed by atoms with van der Waals surface area (Å²) in [6, 6.07) is 16.8. The van der Waals surface area contributed by atoms with Crippen LogP contribution in [0.5, 0.6) is 17.2 Å². The van der Waals surface area contributed by atoms with Gasteiger partial charge in [-0.2, -0.15) is 5.10 Å². The van der Waals surface area contributed by atoms with Crippen LogP contribution in [0.3, 0.4) is 0 Å². The highest BCUT2D eigenvalue weighted by Gasteiger charge is 2.25. The lowest BCUT2D eigenvalue weighted by molar-refractivity contribution is 0.404. The number of fused-ring (bicyclic) bond motifs is 1. The molecule has 1 heterocycles. The molecule has 0 saturated heterocycles. The van der Waals surface area contributed by atoms with Crippen LogP contribution in [0.15, 0.2) is 54.6 Å².